The van der Waals surface area contributed by atoms with E-state index >= 15 is 0 Å². The summed E-state index contributed by atoms with van der Waals surface area (Å²) in [6.45, 7) is 5.58. The highest BCUT2D eigenvalue weighted by Gasteiger charge is 2.36. The van der Waals surface area contributed by atoms with Crippen LogP contribution >= 0.6 is 11.6 Å². The van der Waals surface area contributed by atoms with Crippen molar-refractivity contribution >= 4 is 22.6 Å². The third kappa shape index (κ3) is 2.35. The van der Waals surface area contributed by atoms with E-state index in [1.807, 2.05) is 0 Å². The van der Waals surface area contributed by atoms with Gasteiger partial charge in [0.15, 0.2) is 0 Å². The number of rotatable bonds is 5. The van der Waals surface area contributed by atoms with Crippen molar-refractivity contribution in [1.82, 2.24) is 9.55 Å². The van der Waals surface area contributed by atoms with Crippen LogP contribution in [0.2, 0.25) is 0 Å². The Labute approximate surface area is 126 Å². The second kappa shape index (κ2) is 5.40. The van der Waals surface area contributed by atoms with E-state index in [2.05, 4.69) is 36.6 Å². The Hall–Kier alpha value is -1.02. The second-order valence-electron chi connectivity index (χ2n) is 6.25. The minimum atomic E-state index is 0.498. The molecule has 2 nitrogen and oxygen atoms in total. The largest absolute Gasteiger partial charge is 0.327 e. The van der Waals surface area contributed by atoms with Crippen LogP contribution in [-0.4, -0.2) is 15.4 Å². The molecule has 3 rings (SSSR count). The van der Waals surface area contributed by atoms with E-state index in [1.165, 1.54) is 36.8 Å². The molecule has 1 aliphatic carbocycles. The normalized spacial score (nSPS) is 17.4. The first-order chi connectivity index (χ1) is 9.67. The van der Waals surface area contributed by atoms with E-state index in [-0.39, 0.29) is 0 Å². The standard InChI is InChI=1S/C17H23ClN2/c1-3-17(8-4-9-17)12-20-15-11-13(2)5-6-14(15)19-16(20)7-10-18/h5-6,11H,3-4,7-10,12H2,1-2H3. The van der Waals surface area contributed by atoms with Crippen molar-refractivity contribution in [2.45, 2.75) is 52.5 Å². The Balaban J connectivity index is 2.05. The fourth-order valence-electron chi connectivity index (χ4n) is 3.37. The number of benzene rings is 1. The van der Waals surface area contributed by atoms with Crippen molar-refractivity contribution in [2.24, 2.45) is 5.41 Å². The zero-order valence-electron chi connectivity index (χ0n) is 12.5. The van der Waals surface area contributed by atoms with Gasteiger partial charge >= 0.3 is 0 Å². The molecule has 1 fully saturated rings. The van der Waals surface area contributed by atoms with Crippen LogP contribution in [0, 0.1) is 12.3 Å². The zero-order chi connectivity index (χ0) is 14.2. The lowest BCUT2D eigenvalue weighted by atomic mass is 9.67. The summed E-state index contributed by atoms with van der Waals surface area (Å²) in [5, 5.41) is 0. The molecule has 1 heterocycles. The summed E-state index contributed by atoms with van der Waals surface area (Å²) < 4.78 is 2.44. The Morgan fingerprint density at radius 2 is 2.15 bits per heavy atom. The Kier molecular flexibility index (Phi) is 3.76. The molecule has 1 aromatic heterocycles. The first kappa shape index (κ1) is 13.9. The predicted molar refractivity (Wildman–Crippen MR) is 85.5 cm³/mol. The molecular formula is C17H23ClN2. The summed E-state index contributed by atoms with van der Waals surface area (Å²) in [5.41, 5.74) is 4.19. The van der Waals surface area contributed by atoms with E-state index in [1.54, 1.807) is 0 Å². The second-order valence-corrected chi connectivity index (χ2v) is 6.63. The average molecular weight is 291 g/mol. The van der Waals surface area contributed by atoms with Gasteiger partial charge in [-0.1, -0.05) is 19.4 Å². The highest BCUT2D eigenvalue weighted by molar-refractivity contribution is 6.17. The number of aryl methyl sites for hydroxylation is 2. The molecule has 1 aliphatic rings. The fraction of sp³-hybridized carbons (Fsp3) is 0.588. The zero-order valence-corrected chi connectivity index (χ0v) is 13.2. The lowest BCUT2D eigenvalue weighted by Crippen LogP contribution is -2.34. The van der Waals surface area contributed by atoms with Gasteiger partial charge in [0.05, 0.1) is 11.0 Å². The van der Waals surface area contributed by atoms with Gasteiger partial charge in [0.25, 0.3) is 0 Å². The third-order valence-electron chi connectivity index (χ3n) is 4.96. The number of halogens is 1. The first-order valence-electron chi connectivity index (χ1n) is 7.69. The molecule has 0 aliphatic heterocycles. The van der Waals surface area contributed by atoms with Crippen LogP contribution in [0.5, 0.6) is 0 Å². The van der Waals surface area contributed by atoms with Gasteiger partial charge in [-0.2, -0.15) is 0 Å². The molecular weight excluding hydrogens is 268 g/mol. The van der Waals surface area contributed by atoms with E-state index < -0.39 is 0 Å². The van der Waals surface area contributed by atoms with Crippen LogP contribution < -0.4 is 0 Å². The van der Waals surface area contributed by atoms with Crippen LogP contribution in [0.3, 0.4) is 0 Å². The quantitative estimate of drug-likeness (QED) is 0.730. The lowest BCUT2D eigenvalue weighted by Gasteiger charge is -2.42. The topological polar surface area (TPSA) is 17.8 Å². The smallest absolute Gasteiger partial charge is 0.111 e. The molecule has 0 bridgehead atoms. The van der Waals surface area contributed by atoms with Crippen molar-refractivity contribution in [1.29, 1.82) is 0 Å². The van der Waals surface area contributed by atoms with Crippen molar-refractivity contribution < 1.29 is 0 Å². The number of hydrogen-bond acceptors (Lipinski definition) is 1. The Morgan fingerprint density at radius 3 is 2.75 bits per heavy atom. The fourth-order valence-corrected chi connectivity index (χ4v) is 3.54. The molecule has 1 aromatic carbocycles. The summed E-state index contributed by atoms with van der Waals surface area (Å²) in [6, 6.07) is 6.55. The monoisotopic (exact) mass is 290 g/mol. The summed E-state index contributed by atoms with van der Waals surface area (Å²) in [6.07, 6.45) is 6.21. The molecule has 0 amide bonds. The van der Waals surface area contributed by atoms with E-state index in [0.717, 1.165) is 24.3 Å². The van der Waals surface area contributed by atoms with Gasteiger partial charge in [-0.25, -0.2) is 4.98 Å². The number of imidazole rings is 1. The minimum absolute atomic E-state index is 0.498. The van der Waals surface area contributed by atoms with Crippen molar-refractivity contribution in [3.05, 3.63) is 29.6 Å². The van der Waals surface area contributed by atoms with Crippen LogP contribution in [0.15, 0.2) is 18.2 Å². The number of fused-ring (bicyclic) bond motifs is 1. The molecule has 0 unspecified atom stereocenters. The third-order valence-corrected chi connectivity index (χ3v) is 5.15. The number of hydrogen-bond donors (Lipinski definition) is 0. The number of alkyl halides is 1. The van der Waals surface area contributed by atoms with Crippen molar-refractivity contribution in [2.75, 3.05) is 5.88 Å². The van der Waals surface area contributed by atoms with Gasteiger partial charge in [-0.05, 0) is 49.3 Å². The number of nitrogens with zero attached hydrogens (tertiary/aromatic N) is 2. The molecule has 0 atom stereocenters. The summed E-state index contributed by atoms with van der Waals surface area (Å²) >= 11 is 5.97. The summed E-state index contributed by atoms with van der Waals surface area (Å²) in [4.78, 5) is 4.80. The molecule has 0 radical (unpaired) electrons. The minimum Gasteiger partial charge on any atom is -0.327 e. The SMILES string of the molecule is CCC1(Cn2c(CCCl)nc3ccc(C)cc32)CCC1. The van der Waals surface area contributed by atoms with Gasteiger partial charge in [0, 0.05) is 18.8 Å². The van der Waals surface area contributed by atoms with Gasteiger partial charge < -0.3 is 4.57 Å². The maximum absolute atomic E-state index is 5.97. The molecule has 108 valence electrons. The van der Waals surface area contributed by atoms with Crippen molar-refractivity contribution in [3.8, 4) is 0 Å². The Morgan fingerprint density at radius 1 is 1.35 bits per heavy atom. The van der Waals surface area contributed by atoms with Crippen molar-refractivity contribution in [3.63, 3.8) is 0 Å². The van der Waals surface area contributed by atoms with E-state index in [9.17, 15) is 0 Å². The molecule has 20 heavy (non-hydrogen) atoms. The van der Waals surface area contributed by atoms with Gasteiger partial charge in [-0.3, -0.25) is 0 Å². The van der Waals surface area contributed by atoms with Gasteiger partial charge in [0.2, 0.25) is 0 Å². The van der Waals surface area contributed by atoms with Gasteiger partial charge in [-0.15, -0.1) is 11.6 Å². The summed E-state index contributed by atoms with van der Waals surface area (Å²) in [5.74, 6) is 1.79. The first-order valence-corrected chi connectivity index (χ1v) is 8.23. The highest BCUT2D eigenvalue weighted by Crippen LogP contribution is 2.45. The van der Waals surface area contributed by atoms with Crippen LogP contribution in [0.25, 0.3) is 11.0 Å². The molecule has 0 spiro atoms. The lowest BCUT2D eigenvalue weighted by molar-refractivity contribution is 0.101. The molecule has 0 N–H and O–H groups in total. The average Bonchev–Trinajstić information content (AvgIpc) is 2.72. The molecule has 3 heteroatoms. The predicted octanol–water partition coefficient (Wildman–Crippen LogP) is 4.71. The van der Waals surface area contributed by atoms with Gasteiger partial charge in [0.1, 0.15) is 5.82 Å². The molecule has 0 saturated heterocycles. The maximum Gasteiger partial charge on any atom is 0.111 e. The van der Waals surface area contributed by atoms with Crippen LogP contribution in [-0.2, 0) is 13.0 Å². The molecule has 1 saturated carbocycles. The molecule has 2 aromatic rings. The highest BCUT2D eigenvalue weighted by atomic mass is 35.5. The van der Waals surface area contributed by atoms with E-state index in [0.29, 0.717) is 11.3 Å². The van der Waals surface area contributed by atoms with E-state index in [4.69, 9.17) is 16.6 Å². The number of aromatic nitrogens is 2. The maximum atomic E-state index is 5.97. The Bertz CT molecular complexity index is 605. The summed E-state index contributed by atoms with van der Waals surface area (Å²) in [7, 11) is 0. The van der Waals surface area contributed by atoms with Crippen LogP contribution in [0.4, 0.5) is 0 Å². The van der Waals surface area contributed by atoms with Crippen LogP contribution in [0.1, 0.15) is 44.0 Å².